The number of para-hydroxylation sites is 1. The summed E-state index contributed by atoms with van der Waals surface area (Å²) in [5.41, 5.74) is 2.24. The molecule has 5 nitrogen and oxygen atoms in total. The van der Waals surface area contributed by atoms with E-state index in [0.717, 1.165) is 20.1 Å². The molecule has 0 amide bonds. The van der Waals surface area contributed by atoms with Gasteiger partial charge in [0.25, 0.3) is 10.0 Å². The van der Waals surface area contributed by atoms with Gasteiger partial charge in [-0.15, -0.1) is 0 Å². The SMILES string of the molecule is CN(C)S(=O)(=O)c1ccc(CSC2=Nc3ccccc3CS2)o1. The van der Waals surface area contributed by atoms with E-state index in [1.54, 1.807) is 29.6 Å². The van der Waals surface area contributed by atoms with E-state index in [0.29, 0.717) is 11.5 Å². The molecule has 2 heterocycles. The highest BCUT2D eigenvalue weighted by Gasteiger charge is 2.22. The van der Waals surface area contributed by atoms with Crippen LogP contribution in [0.2, 0.25) is 0 Å². The topological polar surface area (TPSA) is 62.9 Å². The highest BCUT2D eigenvalue weighted by Crippen LogP contribution is 2.35. The summed E-state index contributed by atoms with van der Waals surface area (Å²) >= 11 is 3.24. The van der Waals surface area contributed by atoms with Crippen molar-refractivity contribution in [1.29, 1.82) is 0 Å². The van der Waals surface area contributed by atoms with Gasteiger partial charge in [-0.05, 0) is 23.8 Å². The summed E-state index contributed by atoms with van der Waals surface area (Å²) in [6.07, 6.45) is 0. The van der Waals surface area contributed by atoms with Crippen molar-refractivity contribution in [3.8, 4) is 0 Å². The van der Waals surface area contributed by atoms with Crippen LogP contribution in [0.5, 0.6) is 0 Å². The first-order valence-corrected chi connectivity index (χ1v) is 10.3. The molecule has 23 heavy (non-hydrogen) atoms. The van der Waals surface area contributed by atoms with Crippen molar-refractivity contribution in [3.05, 3.63) is 47.7 Å². The molecule has 0 bridgehead atoms. The monoisotopic (exact) mass is 368 g/mol. The normalized spacial score (nSPS) is 14.7. The van der Waals surface area contributed by atoms with E-state index in [1.165, 1.54) is 25.7 Å². The molecule has 0 unspecified atom stereocenters. The average Bonchev–Trinajstić information content (AvgIpc) is 3.02. The summed E-state index contributed by atoms with van der Waals surface area (Å²) in [6.45, 7) is 0. The van der Waals surface area contributed by atoms with Crippen molar-refractivity contribution in [2.24, 2.45) is 4.99 Å². The van der Waals surface area contributed by atoms with Gasteiger partial charge in [-0.1, -0.05) is 41.7 Å². The molecule has 1 aromatic heterocycles. The largest absolute Gasteiger partial charge is 0.447 e. The lowest BCUT2D eigenvalue weighted by Crippen LogP contribution is -2.21. The van der Waals surface area contributed by atoms with Crippen molar-refractivity contribution in [1.82, 2.24) is 4.31 Å². The van der Waals surface area contributed by atoms with Gasteiger partial charge in [0.05, 0.1) is 11.4 Å². The van der Waals surface area contributed by atoms with Crippen molar-refractivity contribution in [2.45, 2.75) is 16.6 Å². The number of fused-ring (bicyclic) bond motifs is 1. The van der Waals surface area contributed by atoms with Gasteiger partial charge >= 0.3 is 0 Å². The minimum atomic E-state index is -3.52. The molecule has 0 fully saturated rings. The molecule has 1 aromatic carbocycles. The lowest BCUT2D eigenvalue weighted by molar-refractivity contribution is 0.408. The lowest BCUT2D eigenvalue weighted by Gasteiger charge is -2.13. The van der Waals surface area contributed by atoms with Crippen molar-refractivity contribution >= 4 is 43.6 Å². The van der Waals surface area contributed by atoms with Gasteiger partial charge in [0.2, 0.25) is 5.09 Å². The molecule has 0 aliphatic carbocycles. The van der Waals surface area contributed by atoms with E-state index in [4.69, 9.17) is 4.42 Å². The first kappa shape index (κ1) is 16.6. The number of sulfonamides is 1. The molecule has 0 saturated carbocycles. The van der Waals surface area contributed by atoms with E-state index in [-0.39, 0.29) is 5.09 Å². The Morgan fingerprint density at radius 3 is 2.83 bits per heavy atom. The second kappa shape index (κ2) is 6.72. The fraction of sp³-hybridized carbons (Fsp3) is 0.267. The molecule has 0 N–H and O–H groups in total. The van der Waals surface area contributed by atoms with E-state index in [2.05, 4.69) is 11.1 Å². The first-order valence-electron chi connectivity index (χ1n) is 6.90. The highest BCUT2D eigenvalue weighted by atomic mass is 32.2. The minimum Gasteiger partial charge on any atom is -0.447 e. The second-order valence-corrected chi connectivity index (χ2v) is 9.36. The number of aliphatic imine (C=N–C) groups is 1. The number of hydrogen-bond donors (Lipinski definition) is 0. The van der Waals surface area contributed by atoms with Crippen LogP contribution in [0.3, 0.4) is 0 Å². The summed E-state index contributed by atoms with van der Waals surface area (Å²) < 4.78 is 31.5. The third-order valence-corrected chi connectivity index (χ3v) is 7.22. The number of nitrogens with zero attached hydrogens (tertiary/aromatic N) is 2. The number of benzene rings is 1. The predicted octanol–water partition coefficient (Wildman–Crippen LogP) is 3.70. The van der Waals surface area contributed by atoms with Crippen molar-refractivity contribution in [2.75, 3.05) is 14.1 Å². The number of thioether (sulfide) groups is 2. The van der Waals surface area contributed by atoms with Crippen LogP contribution in [-0.4, -0.2) is 31.2 Å². The fourth-order valence-corrected chi connectivity index (χ4v) is 4.74. The minimum absolute atomic E-state index is 0.0262. The van der Waals surface area contributed by atoms with E-state index >= 15 is 0 Å². The quantitative estimate of drug-likeness (QED) is 0.823. The fourth-order valence-electron chi connectivity index (χ4n) is 1.97. The van der Waals surface area contributed by atoms with Crippen LogP contribution >= 0.6 is 23.5 Å². The number of furan rings is 1. The number of hydrogen-bond acceptors (Lipinski definition) is 6. The summed E-state index contributed by atoms with van der Waals surface area (Å²) in [5.74, 6) is 2.08. The zero-order valence-electron chi connectivity index (χ0n) is 12.7. The van der Waals surface area contributed by atoms with Gasteiger partial charge in [-0.3, -0.25) is 0 Å². The Kier molecular flexibility index (Phi) is 4.86. The van der Waals surface area contributed by atoms with Crippen LogP contribution < -0.4 is 0 Å². The zero-order valence-corrected chi connectivity index (χ0v) is 15.2. The molecule has 1 aliphatic rings. The summed E-state index contributed by atoms with van der Waals surface area (Å²) in [4.78, 5) is 4.62. The van der Waals surface area contributed by atoms with E-state index in [1.807, 2.05) is 18.2 Å². The molecule has 1 aliphatic heterocycles. The predicted molar refractivity (Wildman–Crippen MR) is 95.7 cm³/mol. The molecule has 122 valence electrons. The number of rotatable bonds is 4. The maximum absolute atomic E-state index is 12.0. The lowest BCUT2D eigenvalue weighted by atomic mass is 10.2. The Morgan fingerprint density at radius 2 is 2.04 bits per heavy atom. The average molecular weight is 369 g/mol. The molecular formula is C15H16N2O3S3. The van der Waals surface area contributed by atoms with E-state index in [9.17, 15) is 8.42 Å². The zero-order chi connectivity index (χ0) is 16.4. The third kappa shape index (κ3) is 3.65. The summed E-state index contributed by atoms with van der Waals surface area (Å²) in [7, 11) is -0.551. The summed E-state index contributed by atoms with van der Waals surface area (Å²) in [5, 5.41) is -0.0262. The molecule has 0 radical (unpaired) electrons. The van der Waals surface area contributed by atoms with Crippen LogP contribution in [0.25, 0.3) is 0 Å². The summed E-state index contributed by atoms with van der Waals surface area (Å²) in [6, 6.07) is 11.3. The molecule has 0 saturated heterocycles. The highest BCUT2D eigenvalue weighted by molar-refractivity contribution is 8.38. The smallest absolute Gasteiger partial charge is 0.275 e. The molecule has 8 heteroatoms. The van der Waals surface area contributed by atoms with Crippen LogP contribution in [0.1, 0.15) is 11.3 Å². The van der Waals surface area contributed by atoms with Crippen LogP contribution in [0, 0.1) is 0 Å². The van der Waals surface area contributed by atoms with Crippen LogP contribution in [0.15, 0.2) is 50.9 Å². The first-order chi connectivity index (χ1) is 11.0. The molecule has 0 atom stereocenters. The van der Waals surface area contributed by atoms with Gasteiger partial charge in [0.15, 0.2) is 0 Å². The van der Waals surface area contributed by atoms with Gasteiger partial charge < -0.3 is 4.42 Å². The van der Waals surface area contributed by atoms with Gasteiger partial charge in [-0.25, -0.2) is 17.7 Å². The van der Waals surface area contributed by atoms with E-state index < -0.39 is 10.0 Å². The third-order valence-electron chi connectivity index (χ3n) is 3.26. The Balaban J connectivity index is 1.69. The van der Waals surface area contributed by atoms with Crippen molar-refractivity contribution in [3.63, 3.8) is 0 Å². The Bertz CT molecular complexity index is 841. The van der Waals surface area contributed by atoms with Crippen molar-refractivity contribution < 1.29 is 12.8 Å². The Labute approximate surface area is 144 Å². The maximum atomic E-state index is 12.0. The maximum Gasteiger partial charge on any atom is 0.275 e. The molecule has 3 rings (SSSR count). The second-order valence-electron chi connectivity index (χ2n) is 5.09. The Morgan fingerprint density at radius 1 is 1.26 bits per heavy atom. The van der Waals surface area contributed by atoms with Crippen LogP contribution in [-0.2, 0) is 21.5 Å². The van der Waals surface area contributed by atoms with Gasteiger partial charge in [0.1, 0.15) is 10.1 Å². The molecule has 2 aromatic rings. The van der Waals surface area contributed by atoms with Gasteiger partial charge in [0, 0.05) is 19.8 Å². The standard InChI is InChI=1S/C15H16N2O3S3/c1-17(2)23(18,19)14-8-7-12(20-14)10-22-15-16-13-6-4-3-5-11(13)9-21-15/h3-8H,9-10H2,1-2H3. The van der Waals surface area contributed by atoms with Crippen LogP contribution in [0.4, 0.5) is 5.69 Å². The molecule has 0 spiro atoms. The molecular weight excluding hydrogens is 352 g/mol. The van der Waals surface area contributed by atoms with Gasteiger partial charge in [-0.2, -0.15) is 0 Å². The Hall–Kier alpha value is -1.22.